The first-order valence-corrected chi connectivity index (χ1v) is 8.92. The summed E-state index contributed by atoms with van der Waals surface area (Å²) in [6.45, 7) is 0.432. The second-order valence-corrected chi connectivity index (χ2v) is 6.21. The number of Topliss-reactive ketones (excluding diaryl/α,β-unsaturated/α-hetero) is 1. The lowest BCUT2D eigenvalue weighted by Gasteiger charge is -2.07. The van der Waals surface area contributed by atoms with Gasteiger partial charge in [-0.2, -0.15) is 0 Å². The molecule has 5 heteroatoms. The highest BCUT2D eigenvalue weighted by atomic mass is 16.1. The fraction of sp³-hybridized carbons (Fsp3) is 0.182. The number of amides is 1. The van der Waals surface area contributed by atoms with Gasteiger partial charge in [-0.15, -0.1) is 0 Å². The fourth-order valence-electron chi connectivity index (χ4n) is 2.72. The monoisotopic (exact) mass is 359 g/mol. The van der Waals surface area contributed by atoms with Gasteiger partial charge in [-0.1, -0.05) is 30.3 Å². The second kappa shape index (κ2) is 9.38. The molecule has 1 N–H and O–H groups in total. The van der Waals surface area contributed by atoms with Crippen LogP contribution in [0.2, 0.25) is 0 Å². The predicted molar refractivity (Wildman–Crippen MR) is 104 cm³/mol. The topological polar surface area (TPSA) is 72.0 Å². The van der Waals surface area contributed by atoms with Crippen LogP contribution in [0.3, 0.4) is 0 Å². The van der Waals surface area contributed by atoms with E-state index in [2.05, 4.69) is 15.3 Å². The molecule has 3 aromatic rings. The molecule has 0 aliphatic rings. The minimum atomic E-state index is -0.0596. The standard InChI is InChI=1S/C22H21N3O2/c26-21(18-6-2-1-3-7-18)9-4-10-22(27)25-15-17-11-13-24-20(14-17)19-8-5-12-23-16-19/h1-3,5-8,11-14,16H,4,9-10,15H2,(H,25,27). The van der Waals surface area contributed by atoms with Gasteiger partial charge in [0.2, 0.25) is 5.91 Å². The normalized spacial score (nSPS) is 10.4. The van der Waals surface area contributed by atoms with Gasteiger partial charge in [-0.05, 0) is 36.2 Å². The highest BCUT2D eigenvalue weighted by Gasteiger charge is 2.08. The van der Waals surface area contributed by atoms with Crippen LogP contribution < -0.4 is 5.32 Å². The number of aromatic nitrogens is 2. The maximum Gasteiger partial charge on any atom is 0.220 e. The molecule has 0 saturated carbocycles. The van der Waals surface area contributed by atoms with E-state index >= 15 is 0 Å². The number of benzene rings is 1. The van der Waals surface area contributed by atoms with Crippen molar-refractivity contribution in [2.75, 3.05) is 0 Å². The first kappa shape index (κ1) is 18.5. The largest absolute Gasteiger partial charge is 0.352 e. The molecule has 2 aromatic heterocycles. The summed E-state index contributed by atoms with van der Waals surface area (Å²) in [5.74, 6) is 0.00856. The van der Waals surface area contributed by atoms with Crippen LogP contribution in [0.5, 0.6) is 0 Å². The number of ketones is 1. The van der Waals surface area contributed by atoms with E-state index < -0.39 is 0 Å². The molecule has 1 aromatic carbocycles. The molecule has 0 fully saturated rings. The summed E-state index contributed by atoms with van der Waals surface area (Å²) in [5.41, 5.74) is 3.42. The van der Waals surface area contributed by atoms with Crippen molar-refractivity contribution in [1.82, 2.24) is 15.3 Å². The Bertz CT molecular complexity index is 896. The number of rotatable bonds is 8. The molecule has 0 unspecified atom stereocenters. The van der Waals surface area contributed by atoms with Gasteiger partial charge < -0.3 is 5.32 Å². The number of hydrogen-bond acceptors (Lipinski definition) is 4. The Hall–Kier alpha value is -3.34. The van der Waals surface area contributed by atoms with E-state index in [1.807, 2.05) is 42.5 Å². The third-order valence-electron chi connectivity index (χ3n) is 4.17. The van der Waals surface area contributed by atoms with Gasteiger partial charge in [-0.3, -0.25) is 19.6 Å². The minimum absolute atomic E-state index is 0.0596. The van der Waals surface area contributed by atoms with Crippen LogP contribution in [0.15, 0.2) is 73.2 Å². The Labute approximate surface area is 158 Å². The zero-order valence-electron chi connectivity index (χ0n) is 15.0. The Balaban J connectivity index is 1.45. The molecule has 2 heterocycles. The predicted octanol–water partition coefficient (Wildman–Crippen LogP) is 3.81. The van der Waals surface area contributed by atoms with E-state index in [1.54, 1.807) is 30.7 Å². The smallest absolute Gasteiger partial charge is 0.220 e. The molecule has 1 amide bonds. The van der Waals surface area contributed by atoms with Crippen molar-refractivity contribution in [3.8, 4) is 11.3 Å². The van der Waals surface area contributed by atoms with Gasteiger partial charge in [0.25, 0.3) is 0 Å². The summed E-state index contributed by atoms with van der Waals surface area (Å²) < 4.78 is 0. The van der Waals surface area contributed by atoms with Crippen LogP contribution in [-0.4, -0.2) is 21.7 Å². The first-order valence-electron chi connectivity index (χ1n) is 8.92. The van der Waals surface area contributed by atoms with Crippen molar-refractivity contribution in [1.29, 1.82) is 0 Å². The molecular weight excluding hydrogens is 338 g/mol. The second-order valence-electron chi connectivity index (χ2n) is 6.21. The third kappa shape index (κ3) is 5.57. The van der Waals surface area contributed by atoms with E-state index in [4.69, 9.17) is 0 Å². The molecule has 0 aliphatic carbocycles. The highest BCUT2D eigenvalue weighted by Crippen LogP contribution is 2.16. The Morgan fingerprint density at radius 1 is 0.926 bits per heavy atom. The molecule has 0 atom stereocenters. The van der Waals surface area contributed by atoms with Gasteiger partial charge in [0, 0.05) is 49.1 Å². The number of pyridine rings is 2. The molecule has 0 saturated heterocycles. The molecule has 0 radical (unpaired) electrons. The summed E-state index contributed by atoms with van der Waals surface area (Å²) in [6, 6.07) is 16.8. The number of nitrogens with zero attached hydrogens (tertiary/aromatic N) is 2. The number of hydrogen-bond donors (Lipinski definition) is 1. The Morgan fingerprint density at radius 2 is 1.78 bits per heavy atom. The van der Waals surface area contributed by atoms with Gasteiger partial charge in [-0.25, -0.2) is 0 Å². The summed E-state index contributed by atoms with van der Waals surface area (Å²) in [7, 11) is 0. The molecule has 0 aliphatic heterocycles. The number of carbonyl (C=O) groups excluding carboxylic acids is 2. The summed E-state index contributed by atoms with van der Waals surface area (Å²) >= 11 is 0. The van der Waals surface area contributed by atoms with E-state index in [0.29, 0.717) is 31.4 Å². The zero-order chi connectivity index (χ0) is 18.9. The maximum atomic E-state index is 12.0. The molecule has 0 bridgehead atoms. The van der Waals surface area contributed by atoms with Crippen molar-refractivity contribution in [2.24, 2.45) is 0 Å². The van der Waals surface area contributed by atoms with Gasteiger partial charge >= 0.3 is 0 Å². The lowest BCUT2D eigenvalue weighted by Crippen LogP contribution is -2.22. The fourth-order valence-corrected chi connectivity index (χ4v) is 2.72. The van der Waals surface area contributed by atoms with Crippen LogP contribution >= 0.6 is 0 Å². The van der Waals surface area contributed by atoms with Crippen molar-refractivity contribution in [2.45, 2.75) is 25.8 Å². The summed E-state index contributed by atoms with van der Waals surface area (Å²) in [6.07, 6.45) is 6.45. The zero-order valence-corrected chi connectivity index (χ0v) is 15.0. The third-order valence-corrected chi connectivity index (χ3v) is 4.17. The maximum absolute atomic E-state index is 12.0. The van der Waals surface area contributed by atoms with E-state index in [9.17, 15) is 9.59 Å². The molecule has 5 nitrogen and oxygen atoms in total. The van der Waals surface area contributed by atoms with Gasteiger partial charge in [0.1, 0.15) is 0 Å². The van der Waals surface area contributed by atoms with Gasteiger partial charge in [0.15, 0.2) is 5.78 Å². The molecule has 3 rings (SSSR count). The average Bonchev–Trinajstić information content (AvgIpc) is 2.73. The van der Waals surface area contributed by atoms with E-state index in [1.165, 1.54) is 0 Å². The first-order chi connectivity index (χ1) is 13.2. The Kier molecular flexibility index (Phi) is 6.41. The van der Waals surface area contributed by atoms with Crippen molar-refractivity contribution >= 4 is 11.7 Å². The van der Waals surface area contributed by atoms with E-state index in [0.717, 1.165) is 16.8 Å². The van der Waals surface area contributed by atoms with Crippen LogP contribution in [0.1, 0.15) is 35.2 Å². The number of nitrogens with one attached hydrogen (secondary N) is 1. The lowest BCUT2D eigenvalue weighted by molar-refractivity contribution is -0.121. The molecule has 0 spiro atoms. The quantitative estimate of drug-likeness (QED) is 0.621. The van der Waals surface area contributed by atoms with Crippen LogP contribution in [-0.2, 0) is 11.3 Å². The van der Waals surface area contributed by atoms with Crippen LogP contribution in [0.25, 0.3) is 11.3 Å². The SMILES string of the molecule is O=C(CCCC(=O)c1ccccc1)NCc1ccnc(-c2cccnc2)c1. The lowest BCUT2D eigenvalue weighted by atomic mass is 10.1. The van der Waals surface area contributed by atoms with Crippen LogP contribution in [0, 0.1) is 0 Å². The van der Waals surface area contributed by atoms with Crippen LogP contribution in [0.4, 0.5) is 0 Å². The Morgan fingerprint density at radius 3 is 2.56 bits per heavy atom. The van der Waals surface area contributed by atoms with Crippen molar-refractivity contribution in [3.63, 3.8) is 0 Å². The number of carbonyl (C=O) groups is 2. The van der Waals surface area contributed by atoms with Crippen molar-refractivity contribution < 1.29 is 9.59 Å². The summed E-state index contributed by atoms with van der Waals surface area (Å²) in [4.78, 5) is 32.5. The van der Waals surface area contributed by atoms with Gasteiger partial charge in [0.05, 0.1) is 5.69 Å². The average molecular weight is 359 g/mol. The van der Waals surface area contributed by atoms with Crippen molar-refractivity contribution in [3.05, 3.63) is 84.3 Å². The van der Waals surface area contributed by atoms with E-state index in [-0.39, 0.29) is 11.7 Å². The molecule has 136 valence electrons. The minimum Gasteiger partial charge on any atom is -0.352 e. The highest BCUT2D eigenvalue weighted by molar-refractivity contribution is 5.96. The molecular formula is C22H21N3O2. The summed E-state index contributed by atoms with van der Waals surface area (Å²) in [5, 5.41) is 2.90. The molecule has 27 heavy (non-hydrogen) atoms.